The third-order valence-corrected chi connectivity index (χ3v) is 16.1. The van der Waals surface area contributed by atoms with Crippen molar-refractivity contribution in [1.82, 2.24) is 0 Å². The Morgan fingerprint density at radius 3 is 2.16 bits per heavy atom. The Balaban J connectivity index is 0.00000200. The molecule has 0 amide bonds. The maximum Gasteiger partial charge on any atom is -1.00 e. The standard InChI is InChI=1S/C21H25.C10H9O.C3H6.2ClH.Zr/c1-20(2,3)16-7-9-18-14(12-16)11-15-13-17(21(4,5)6)8-10-19(15)18;1-8-2-3-9(6-8)10-4-5-11-7-10;1-3-2;;;/h7-10,12H,11H2,1-6H3;2-5,7-8H,1H3;1-2H3;2*1H;/q;;;;;+2/p-2. The Morgan fingerprint density at radius 1 is 0.895 bits per heavy atom. The number of hydrogen-bond acceptors (Lipinski definition) is 1. The Hall–Kier alpha value is -1.47. The third kappa shape index (κ3) is 5.43. The van der Waals surface area contributed by atoms with Crippen LogP contribution in [0.25, 0.3) is 16.7 Å². The molecule has 5 rings (SSSR count). The van der Waals surface area contributed by atoms with E-state index < -0.39 is 21.3 Å². The van der Waals surface area contributed by atoms with E-state index in [1.165, 1.54) is 33.4 Å². The largest absolute Gasteiger partial charge is 1.00 e. The van der Waals surface area contributed by atoms with E-state index >= 15 is 0 Å². The molecular weight excluding hydrogens is 587 g/mol. The van der Waals surface area contributed by atoms with E-state index in [2.05, 4.69) is 111 Å². The minimum atomic E-state index is -2.44. The van der Waals surface area contributed by atoms with E-state index in [0.717, 1.165) is 6.42 Å². The number of allylic oxidation sites excluding steroid dienone is 4. The molecule has 4 heteroatoms. The number of rotatable bonds is 3. The maximum atomic E-state index is 5.54. The molecule has 0 saturated heterocycles. The summed E-state index contributed by atoms with van der Waals surface area (Å²) >= 11 is -2.44. The van der Waals surface area contributed by atoms with Crippen LogP contribution < -0.4 is 28.1 Å². The fourth-order valence-electron chi connectivity index (χ4n) is 6.01. The number of benzene rings is 2. The zero-order chi connectivity index (χ0) is 26.0. The molecule has 0 N–H and O–H groups in total. The van der Waals surface area contributed by atoms with Gasteiger partial charge < -0.3 is 24.8 Å². The molecular formula is C34H40Cl2OZr. The molecule has 0 saturated carbocycles. The van der Waals surface area contributed by atoms with Gasteiger partial charge in [0.25, 0.3) is 0 Å². The maximum absolute atomic E-state index is 5.54. The van der Waals surface area contributed by atoms with Gasteiger partial charge in [-0.25, -0.2) is 0 Å². The monoisotopic (exact) mass is 624 g/mol. The average molecular weight is 627 g/mol. The molecule has 0 spiro atoms. The minimum Gasteiger partial charge on any atom is -1.00 e. The summed E-state index contributed by atoms with van der Waals surface area (Å²) in [6.45, 7) is 21.4. The van der Waals surface area contributed by atoms with Gasteiger partial charge in [0.15, 0.2) is 0 Å². The number of hydrogen-bond donors (Lipinski definition) is 0. The molecule has 3 aromatic rings. The summed E-state index contributed by atoms with van der Waals surface area (Å²) in [7, 11) is 0. The molecule has 0 aliphatic heterocycles. The van der Waals surface area contributed by atoms with Crippen LogP contribution in [0.3, 0.4) is 0 Å². The first-order valence-electron chi connectivity index (χ1n) is 13.3. The van der Waals surface area contributed by atoms with Crippen molar-refractivity contribution in [2.24, 2.45) is 5.92 Å². The minimum absolute atomic E-state index is 0. The first kappa shape index (κ1) is 31.1. The average Bonchev–Trinajstić information content (AvgIpc) is 3.51. The molecule has 1 atom stereocenters. The van der Waals surface area contributed by atoms with Gasteiger partial charge in [-0.2, -0.15) is 0 Å². The van der Waals surface area contributed by atoms with Crippen molar-refractivity contribution in [3.63, 3.8) is 0 Å². The van der Waals surface area contributed by atoms with Crippen molar-refractivity contribution in [1.29, 1.82) is 0 Å². The van der Waals surface area contributed by atoms with Gasteiger partial charge in [0, 0.05) is 0 Å². The van der Waals surface area contributed by atoms with Crippen LogP contribution in [0.2, 0.25) is 0 Å². The fourth-order valence-corrected chi connectivity index (χ4v) is 14.9. The molecule has 2 aromatic carbocycles. The molecule has 0 radical (unpaired) electrons. The summed E-state index contributed by atoms with van der Waals surface area (Å²) in [6, 6.07) is 14.3. The van der Waals surface area contributed by atoms with Crippen LogP contribution in [0.1, 0.15) is 90.1 Å². The topological polar surface area (TPSA) is 13.1 Å². The van der Waals surface area contributed by atoms with Gasteiger partial charge in [0.05, 0.1) is 0 Å². The molecule has 1 nitrogen and oxygen atoms in total. The Bertz CT molecular complexity index is 1440. The summed E-state index contributed by atoms with van der Waals surface area (Å²) in [6.07, 6.45) is 9.56. The van der Waals surface area contributed by atoms with E-state index in [-0.39, 0.29) is 35.6 Å². The van der Waals surface area contributed by atoms with Crippen molar-refractivity contribution >= 4 is 12.1 Å². The van der Waals surface area contributed by atoms with Gasteiger partial charge in [-0.1, -0.05) is 0 Å². The quantitative estimate of drug-likeness (QED) is 0.341. The van der Waals surface area contributed by atoms with Crippen LogP contribution in [0.5, 0.6) is 0 Å². The van der Waals surface area contributed by atoms with Gasteiger partial charge >= 0.3 is 227 Å². The first-order valence-corrected chi connectivity index (χ1v) is 17.0. The molecule has 2 aliphatic rings. The van der Waals surface area contributed by atoms with Crippen LogP contribution >= 0.6 is 0 Å². The second-order valence-electron chi connectivity index (χ2n) is 12.9. The van der Waals surface area contributed by atoms with E-state index in [4.69, 9.17) is 4.42 Å². The predicted molar refractivity (Wildman–Crippen MR) is 152 cm³/mol. The molecule has 0 fully saturated rings. The molecule has 0 bridgehead atoms. The van der Waals surface area contributed by atoms with E-state index in [1.54, 1.807) is 20.9 Å². The molecule has 1 heterocycles. The zero-order valence-corrected chi connectivity index (χ0v) is 28.2. The van der Waals surface area contributed by atoms with Gasteiger partial charge in [-0.05, 0) is 0 Å². The van der Waals surface area contributed by atoms with Crippen molar-refractivity contribution < 1.29 is 50.5 Å². The van der Waals surface area contributed by atoms with Gasteiger partial charge in [-0.15, -0.1) is 0 Å². The van der Waals surface area contributed by atoms with Gasteiger partial charge in [0.1, 0.15) is 0 Å². The second-order valence-corrected chi connectivity index (χ2v) is 19.8. The SMILES string of the molecule is C[C](C)=[Zr+2]([C]1=C(c2ccoc2)C=CC1C)[c]1c(C(C)(C)C)ccc2c1Cc1cc(C(C)(C)C)ccc1-2.[Cl-].[Cl-]. The van der Waals surface area contributed by atoms with E-state index in [9.17, 15) is 0 Å². The first-order chi connectivity index (χ1) is 16.9. The van der Waals surface area contributed by atoms with E-state index in [1.807, 2.05) is 12.5 Å². The van der Waals surface area contributed by atoms with Crippen LogP contribution in [-0.4, -0.2) is 3.21 Å². The van der Waals surface area contributed by atoms with Gasteiger partial charge in [-0.3, -0.25) is 0 Å². The van der Waals surface area contributed by atoms with Crippen molar-refractivity contribution in [3.05, 3.63) is 92.2 Å². The Kier molecular flexibility index (Phi) is 9.15. The fraction of sp³-hybridized carbons (Fsp3) is 0.382. The summed E-state index contributed by atoms with van der Waals surface area (Å²) in [5.41, 5.74) is 11.9. The van der Waals surface area contributed by atoms with Crippen LogP contribution in [0.15, 0.2) is 68.8 Å². The van der Waals surface area contributed by atoms with Crippen molar-refractivity contribution in [2.75, 3.05) is 0 Å². The third-order valence-electron chi connectivity index (χ3n) is 7.90. The van der Waals surface area contributed by atoms with Crippen molar-refractivity contribution in [3.8, 4) is 11.1 Å². The summed E-state index contributed by atoms with van der Waals surface area (Å²) in [4.78, 5) is 0. The summed E-state index contributed by atoms with van der Waals surface area (Å²) < 4.78 is 10.6. The Labute approximate surface area is 249 Å². The summed E-state index contributed by atoms with van der Waals surface area (Å²) in [5, 5.41) is 0. The number of furan rings is 1. The van der Waals surface area contributed by atoms with Crippen LogP contribution in [0, 0.1) is 5.92 Å². The molecule has 1 aromatic heterocycles. The van der Waals surface area contributed by atoms with Gasteiger partial charge in [0.2, 0.25) is 0 Å². The molecule has 2 aliphatic carbocycles. The molecule has 1 unspecified atom stereocenters. The second kappa shape index (κ2) is 11.2. The zero-order valence-electron chi connectivity index (χ0n) is 24.2. The van der Waals surface area contributed by atoms with Crippen LogP contribution in [-0.2, 0) is 38.5 Å². The number of fused-ring (bicyclic) bond motifs is 3. The molecule has 200 valence electrons. The van der Waals surface area contributed by atoms with E-state index in [0.29, 0.717) is 5.92 Å². The molecule has 38 heavy (non-hydrogen) atoms. The van der Waals surface area contributed by atoms with Crippen molar-refractivity contribution in [2.45, 2.75) is 79.6 Å². The van der Waals surface area contributed by atoms with Crippen LogP contribution in [0.4, 0.5) is 0 Å². The smallest absolute Gasteiger partial charge is 1.00 e. The number of halogens is 2. The normalized spacial score (nSPS) is 15.8. The Morgan fingerprint density at radius 2 is 1.58 bits per heavy atom. The summed E-state index contributed by atoms with van der Waals surface area (Å²) in [5.74, 6) is 0.471. The predicted octanol–water partition coefficient (Wildman–Crippen LogP) is 2.53.